The molecule has 1 aromatic heterocycles. The lowest BCUT2D eigenvalue weighted by molar-refractivity contribution is -0.161. The van der Waals surface area contributed by atoms with Crippen LogP contribution in [0.5, 0.6) is 5.75 Å². The van der Waals surface area contributed by atoms with Crippen LogP contribution in [-0.2, 0) is 16.0 Å². The first-order chi connectivity index (χ1) is 18.7. The zero-order valence-electron chi connectivity index (χ0n) is 22.5. The van der Waals surface area contributed by atoms with Crippen molar-refractivity contribution in [2.24, 2.45) is 5.92 Å². The lowest BCUT2D eigenvalue weighted by atomic mass is 9.90. The number of hydrogen-bond acceptors (Lipinski definition) is 5. The highest BCUT2D eigenvalue weighted by molar-refractivity contribution is 6.49. The molecule has 1 saturated heterocycles. The van der Waals surface area contributed by atoms with E-state index in [-0.39, 0.29) is 31.6 Å². The Morgan fingerprint density at radius 1 is 1.21 bits per heavy atom. The van der Waals surface area contributed by atoms with Crippen molar-refractivity contribution in [2.75, 3.05) is 26.2 Å². The quantitative estimate of drug-likeness (QED) is 0.287. The van der Waals surface area contributed by atoms with Gasteiger partial charge in [-0.05, 0) is 97.7 Å². The summed E-state index contributed by atoms with van der Waals surface area (Å²) in [5.74, 6) is 0.247. The van der Waals surface area contributed by atoms with Gasteiger partial charge in [0.15, 0.2) is 5.15 Å². The number of aromatic amines is 1. The molecule has 9 heteroatoms. The lowest BCUT2D eigenvalue weighted by Gasteiger charge is -2.36. The van der Waals surface area contributed by atoms with Crippen molar-refractivity contribution in [3.8, 4) is 5.75 Å². The Hall–Kier alpha value is -2.61. The van der Waals surface area contributed by atoms with E-state index < -0.39 is 11.6 Å². The van der Waals surface area contributed by atoms with Gasteiger partial charge in [0.1, 0.15) is 11.9 Å². The SMILES string of the molecule is CCOC(=O)C1(F)CCCN(CC2=C(Cl)c3ccc(OC(c4ccc5[nH]nc(Cl)c5c4)C(C)C)cc3CC2)C1. The standard InChI is InChI=1S/C30H34Cl2FN3O3/c1-4-38-29(37)30(33)12-5-13-36(17-30)16-21-7-6-19-14-22(9-10-23(19)26(21)31)39-27(18(2)3)20-8-11-25-24(15-20)28(32)35-34-25/h8-11,14-15,18,27H,4-7,12-13,16-17H2,1-3H3,(H,34,35). The van der Waals surface area contributed by atoms with Crippen LogP contribution in [0.4, 0.5) is 4.39 Å². The number of aromatic nitrogens is 2. The third kappa shape index (κ3) is 5.81. The van der Waals surface area contributed by atoms with Crippen molar-refractivity contribution in [3.05, 3.63) is 63.8 Å². The predicted molar refractivity (Wildman–Crippen MR) is 153 cm³/mol. The molecule has 1 aliphatic heterocycles. The summed E-state index contributed by atoms with van der Waals surface area (Å²) >= 11 is 13.1. The molecular weight excluding hydrogens is 540 g/mol. The minimum Gasteiger partial charge on any atom is -0.485 e. The first-order valence-electron chi connectivity index (χ1n) is 13.6. The fourth-order valence-electron chi connectivity index (χ4n) is 5.64. The Kier molecular flexibility index (Phi) is 8.22. The molecule has 0 bridgehead atoms. The van der Waals surface area contributed by atoms with Gasteiger partial charge in [-0.2, -0.15) is 5.10 Å². The molecule has 208 valence electrons. The number of H-pyrrole nitrogens is 1. The molecule has 0 radical (unpaired) electrons. The molecular formula is C30H34Cl2FN3O3. The number of carbonyl (C=O) groups is 1. The second-order valence-electron chi connectivity index (χ2n) is 10.8. The minimum absolute atomic E-state index is 0.0333. The average molecular weight is 575 g/mol. The van der Waals surface area contributed by atoms with Gasteiger partial charge in [-0.1, -0.05) is 43.1 Å². The Balaban J connectivity index is 1.32. The van der Waals surface area contributed by atoms with Crippen LogP contribution in [0.3, 0.4) is 0 Å². The fraction of sp³-hybridized carbons (Fsp3) is 0.467. The molecule has 0 amide bonds. The van der Waals surface area contributed by atoms with Crippen LogP contribution in [0.2, 0.25) is 5.15 Å². The van der Waals surface area contributed by atoms with E-state index in [9.17, 15) is 4.79 Å². The molecule has 2 unspecified atom stereocenters. The largest absolute Gasteiger partial charge is 0.485 e. The number of rotatable bonds is 8. The number of nitrogens with zero attached hydrogens (tertiary/aromatic N) is 2. The molecule has 6 nitrogen and oxygen atoms in total. The summed E-state index contributed by atoms with van der Waals surface area (Å²) in [5.41, 5.74) is 3.14. The Morgan fingerprint density at radius 2 is 2.03 bits per heavy atom. The van der Waals surface area contributed by atoms with Gasteiger partial charge in [0.05, 0.1) is 12.1 Å². The molecule has 0 spiro atoms. The highest BCUT2D eigenvalue weighted by atomic mass is 35.5. The Bertz CT molecular complexity index is 1410. The zero-order valence-corrected chi connectivity index (χ0v) is 24.0. The van der Waals surface area contributed by atoms with Gasteiger partial charge in [0.2, 0.25) is 5.67 Å². The topological polar surface area (TPSA) is 67.4 Å². The summed E-state index contributed by atoms with van der Waals surface area (Å²) in [6.07, 6.45) is 2.22. The molecule has 2 atom stereocenters. The van der Waals surface area contributed by atoms with E-state index in [1.54, 1.807) is 6.92 Å². The summed E-state index contributed by atoms with van der Waals surface area (Å²) in [7, 11) is 0. The van der Waals surface area contributed by atoms with Crippen molar-refractivity contribution < 1.29 is 18.7 Å². The van der Waals surface area contributed by atoms with E-state index >= 15 is 4.39 Å². The van der Waals surface area contributed by atoms with Crippen LogP contribution in [0.1, 0.15) is 62.8 Å². The van der Waals surface area contributed by atoms with Gasteiger partial charge in [-0.15, -0.1) is 0 Å². The molecule has 1 N–H and O–H groups in total. The first kappa shape index (κ1) is 27.9. The molecule has 39 heavy (non-hydrogen) atoms. The molecule has 3 aromatic rings. The van der Waals surface area contributed by atoms with E-state index in [2.05, 4.69) is 30.1 Å². The van der Waals surface area contributed by atoms with Gasteiger partial charge in [-0.25, -0.2) is 9.18 Å². The van der Waals surface area contributed by atoms with E-state index in [0.717, 1.165) is 58.3 Å². The lowest BCUT2D eigenvalue weighted by Crippen LogP contribution is -2.51. The maximum Gasteiger partial charge on any atom is 0.345 e. The number of halogens is 3. The molecule has 5 rings (SSSR count). The minimum atomic E-state index is -1.96. The van der Waals surface area contributed by atoms with Crippen LogP contribution in [-0.4, -0.2) is 53.0 Å². The number of piperidine rings is 1. The Labute approximate surface area is 238 Å². The van der Waals surface area contributed by atoms with Gasteiger partial charge in [-0.3, -0.25) is 10.00 Å². The molecule has 1 fully saturated rings. The van der Waals surface area contributed by atoms with Crippen molar-refractivity contribution in [1.29, 1.82) is 0 Å². The van der Waals surface area contributed by atoms with Crippen LogP contribution in [0, 0.1) is 5.92 Å². The van der Waals surface area contributed by atoms with E-state index in [1.807, 2.05) is 35.2 Å². The van der Waals surface area contributed by atoms with Crippen molar-refractivity contribution in [3.63, 3.8) is 0 Å². The second kappa shape index (κ2) is 11.5. The molecule has 2 aromatic carbocycles. The van der Waals surface area contributed by atoms with Gasteiger partial charge in [0.25, 0.3) is 0 Å². The summed E-state index contributed by atoms with van der Waals surface area (Å²) in [5, 5.41) is 9.04. The number of alkyl halides is 1. The molecule has 2 heterocycles. The summed E-state index contributed by atoms with van der Waals surface area (Å²) in [6.45, 7) is 7.43. The smallest absolute Gasteiger partial charge is 0.345 e. The van der Waals surface area contributed by atoms with Crippen molar-refractivity contribution in [1.82, 2.24) is 15.1 Å². The van der Waals surface area contributed by atoms with Crippen LogP contribution < -0.4 is 4.74 Å². The van der Waals surface area contributed by atoms with Crippen LogP contribution in [0.25, 0.3) is 15.9 Å². The average Bonchev–Trinajstić information content (AvgIpc) is 3.29. The third-order valence-electron chi connectivity index (χ3n) is 7.63. The predicted octanol–water partition coefficient (Wildman–Crippen LogP) is 7.26. The highest BCUT2D eigenvalue weighted by Crippen LogP contribution is 2.39. The number of benzene rings is 2. The molecule has 0 saturated carbocycles. The Morgan fingerprint density at radius 3 is 2.79 bits per heavy atom. The molecule has 1 aliphatic carbocycles. The number of fused-ring (bicyclic) bond motifs is 2. The van der Waals surface area contributed by atoms with Crippen LogP contribution in [0.15, 0.2) is 42.0 Å². The fourth-order valence-corrected chi connectivity index (χ4v) is 6.18. The number of ether oxygens (including phenoxy) is 2. The van der Waals surface area contributed by atoms with E-state index in [1.165, 1.54) is 0 Å². The maximum atomic E-state index is 15.3. The maximum absolute atomic E-state index is 15.3. The van der Waals surface area contributed by atoms with Crippen molar-refractivity contribution in [2.45, 2.75) is 58.2 Å². The summed E-state index contributed by atoms with van der Waals surface area (Å²) in [6, 6.07) is 12.1. The number of nitrogens with one attached hydrogen (secondary N) is 1. The van der Waals surface area contributed by atoms with Crippen LogP contribution >= 0.6 is 23.2 Å². The number of carbonyl (C=O) groups excluding carboxylic acids is 1. The van der Waals surface area contributed by atoms with E-state index in [0.29, 0.717) is 23.2 Å². The third-order valence-corrected chi connectivity index (χ3v) is 8.39. The zero-order chi connectivity index (χ0) is 27.7. The highest BCUT2D eigenvalue weighted by Gasteiger charge is 2.44. The molecule has 2 aliphatic rings. The summed E-state index contributed by atoms with van der Waals surface area (Å²) in [4.78, 5) is 14.2. The number of esters is 1. The van der Waals surface area contributed by atoms with E-state index in [4.69, 9.17) is 32.7 Å². The number of hydrogen-bond donors (Lipinski definition) is 1. The number of aryl methyl sites for hydroxylation is 1. The van der Waals surface area contributed by atoms with Gasteiger partial charge in [0, 0.05) is 23.5 Å². The van der Waals surface area contributed by atoms with Crippen molar-refractivity contribution >= 4 is 45.1 Å². The normalized spacial score (nSPS) is 20.8. The van der Waals surface area contributed by atoms with Gasteiger partial charge < -0.3 is 9.47 Å². The number of likely N-dealkylation sites (tertiary alicyclic amines) is 1. The first-order valence-corrected chi connectivity index (χ1v) is 14.3. The monoisotopic (exact) mass is 573 g/mol. The second-order valence-corrected chi connectivity index (χ2v) is 11.6. The summed E-state index contributed by atoms with van der Waals surface area (Å²) < 4.78 is 26.8. The van der Waals surface area contributed by atoms with Gasteiger partial charge >= 0.3 is 5.97 Å².